The molecule has 2 aliphatic rings. The molecule has 9 heteroatoms. The van der Waals surface area contributed by atoms with Crippen molar-refractivity contribution in [1.82, 2.24) is 0 Å². The number of ketones is 3. The number of aromatic carboxylic acids is 1. The van der Waals surface area contributed by atoms with E-state index in [1.54, 1.807) is 12.1 Å². The predicted molar refractivity (Wildman–Crippen MR) is 140 cm³/mol. The summed E-state index contributed by atoms with van der Waals surface area (Å²) in [7, 11) is 0. The second-order valence-electron chi connectivity index (χ2n) is 9.88. The summed E-state index contributed by atoms with van der Waals surface area (Å²) in [6.45, 7) is 1.29. The van der Waals surface area contributed by atoms with Crippen LogP contribution in [0.2, 0.25) is 0 Å². The van der Waals surface area contributed by atoms with Crippen molar-refractivity contribution in [3.05, 3.63) is 116 Å². The van der Waals surface area contributed by atoms with Crippen molar-refractivity contribution in [2.45, 2.75) is 18.8 Å². The predicted octanol–water partition coefficient (Wildman–Crippen LogP) is 4.46. The molecule has 0 radical (unpaired) electrons. The minimum Gasteiger partial charge on any atom is -0.507 e. The number of aromatic hydroxyl groups is 4. The van der Waals surface area contributed by atoms with Crippen molar-refractivity contribution in [3.8, 4) is 23.0 Å². The van der Waals surface area contributed by atoms with Gasteiger partial charge in [0.05, 0.1) is 27.8 Å². The topological polar surface area (TPSA) is 169 Å². The van der Waals surface area contributed by atoms with E-state index < -0.39 is 46.7 Å². The van der Waals surface area contributed by atoms with E-state index in [1.807, 2.05) is 0 Å². The van der Waals surface area contributed by atoms with Crippen LogP contribution in [0.15, 0.2) is 60.7 Å². The van der Waals surface area contributed by atoms with Gasteiger partial charge in [-0.2, -0.15) is 0 Å². The van der Waals surface area contributed by atoms with Gasteiger partial charge in [-0.25, -0.2) is 4.79 Å². The van der Waals surface area contributed by atoms with Crippen LogP contribution in [0.5, 0.6) is 23.0 Å². The van der Waals surface area contributed by atoms with Gasteiger partial charge in [0.2, 0.25) is 11.6 Å². The number of benzene rings is 4. The van der Waals surface area contributed by atoms with Gasteiger partial charge in [0.15, 0.2) is 5.78 Å². The highest BCUT2D eigenvalue weighted by Gasteiger charge is 2.45. The molecule has 0 aliphatic heterocycles. The van der Waals surface area contributed by atoms with Gasteiger partial charge in [0.1, 0.15) is 23.0 Å². The largest absolute Gasteiger partial charge is 0.507 e. The Morgan fingerprint density at radius 3 is 1.40 bits per heavy atom. The number of hydrogen-bond acceptors (Lipinski definition) is 8. The Bertz CT molecular complexity index is 1720. The van der Waals surface area contributed by atoms with Gasteiger partial charge in [-0.15, -0.1) is 0 Å². The first-order chi connectivity index (χ1) is 19.0. The summed E-state index contributed by atoms with van der Waals surface area (Å²) < 4.78 is 0. The molecule has 0 saturated carbocycles. The summed E-state index contributed by atoms with van der Waals surface area (Å²) in [5.74, 6) is -6.98. The van der Waals surface area contributed by atoms with Crippen molar-refractivity contribution in [1.29, 1.82) is 0 Å². The van der Waals surface area contributed by atoms with Crippen molar-refractivity contribution >= 4 is 23.3 Å². The Kier molecular flexibility index (Phi) is 5.31. The van der Waals surface area contributed by atoms with Crippen LogP contribution in [0.25, 0.3) is 0 Å². The van der Waals surface area contributed by atoms with Crippen molar-refractivity contribution in [3.63, 3.8) is 0 Å². The monoisotopic (exact) mass is 536 g/mol. The quantitative estimate of drug-likeness (QED) is 0.237. The first kappa shape index (κ1) is 24.9. The highest BCUT2D eigenvalue weighted by molar-refractivity contribution is 6.18. The molecule has 5 N–H and O–H groups in total. The van der Waals surface area contributed by atoms with Gasteiger partial charge < -0.3 is 25.5 Å². The zero-order chi connectivity index (χ0) is 28.6. The molecule has 0 spiro atoms. The van der Waals surface area contributed by atoms with Crippen LogP contribution >= 0.6 is 0 Å². The van der Waals surface area contributed by atoms with E-state index in [0.29, 0.717) is 0 Å². The van der Waals surface area contributed by atoms with Crippen LogP contribution in [0.1, 0.15) is 93.6 Å². The molecular weight excluding hydrogens is 516 g/mol. The summed E-state index contributed by atoms with van der Waals surface area (Å²) >= 11 is 0. The maximum atomic E-state index is 13.6. The molecule has 40 heavy (non-hydrogen) atoms. The molecule has 4 aromatic rings. The maximum absolute atomic E-state index is 13.6. The summed E-state index contributed by atoms with van der Waals surface area (Å²) in [6, 6.07) is 13.6. The number of rotatable bonds is 3. The Morgan fingerprint density at radius 1 is 0.575 bits per heavy atom. The molecule has 0 fully saturated rings. The smallest absolute Gasteiger partial charge is 0.335 e. The highest BCUT2D eigenvalue weighted by Crippen LogP contribution is 2.55. The number of phenolic OH excluding ortho intramolecular Hbond substituents is 4. The average molecular weight is 536 g/mol. The molecule has 0 bridgehead atoms. The molecule has 0 aromatic heterocycles. The molecule has 0 heterocycles. The molecule has 6 rings (SSSR count). The van der Waals surface area contributed by atoms with E-state index >= 15 is 0 Å². The summed E-state index contributed by atoms with van der Waals surface area (Å²) in [5.41, 5.74) is 0.0447. The fraction of sp³-hybridized carbons (Fsp3) is 0.0968. The van der Waals surface area contributed by atoms with Crippen LogP contribution in [0.3, 0.4) is 0 Å². The zero-order valence-corrected chi connectivity index (χ0v) is 20.8. The van der Waals surface area contributed by atoms with Crippen molar-refractivity contribution in [2.75, 3.05) is 0 Å². The molecule has 198 valence electrons. The van der Waals surface area contributed by atoms with Gasteiger partial charge >= 0.3 is 5.97 Å². The second kappa shape index (κ2) is 8.54. The normalized spacial score (nSPS) is 16.9. The van der Waals surface area contributed by atoms with Crippen molar-refractivity contribution in [2.24, 2.45) is 0 Å². The Hall–Kier alpha value is -5.44. The molecule has 0 saturated heterocycles. The Balaban J connectivity index is 1.79. The highest BCUT2D eigenvalue weighted by atomic mass is 16.4. The first-order valence-corrected chi connectivity index (χ1v) is 12.2. The Morgan fingerprint density at radius 2 is 0.975 bits per heavy atom. The van der Waals surface area contributed by atoms with Crippen molar-refractivity contribution < 1.29 is 44.7 Å². The second-order valence-corrected chi connectivity index (χ2v) is 9.88. The molecule has 0 amide bonds. The number of carbonyl (C=O) groups is 4. The summed E-state index contributed by atoms with van der Waals surface area (Å²) in [5, 5.41) is 53.1. The number of carbonyl (C=O) groups excluding carboxylic acids is 3. The molecule has 0 unspecified atom stereocenters. The number of Topliss-reactive ketones (excluding diaryl/α,β-unsaturated/α-hetero) is 1. The number of carboxylic acid groups (broad SMARTS) is 1. The molecule has 2 atom stereocenters. The number of fused-ring (bicyclic) bond motifs is 4. The zero-order valence-electron chi connectivity index (χ0n) is 20.8. The average Bonchev–Trinajstić information content (AvgIpc) is 2.89. The lowest BCUT2D eigenvalue weighted by atomic mass is 9.63. The van der Waals surface area contributed by atoms with Crippen LogP contribution in [-0.2, 0) is 0 Å². The van der Waals surface area contributed by atoms with Gasteiger partial charge in [-0.05, 0) is 65.6 Å². The van der Waals surface area contributed by atoms with Gasteiger partial charge in [-0.1, -0.05) is 24.3 Å². The van der Waals surface area contributed by atoms with E-state index in [0.717, 1.165) is 12.1 Å². The van der Waals surface area contributed by atoms with E-state index in [2.05, 4.69) is 0 Å². The lowest BCUT2D eigenvalue weighted by Gasteiger charge is -2.38. The molecule has 2 aliphatic carbocycles. The third-order valence-electron chi connectivity index (χ3n) is 7.68. The fourth-order valence-corrected chi connectivity index (χ4v) is 6.04. The van der Waals surface area contributed by atoms with Crippen LogP contribution in [0.4, 0.5) is 0 Å². The number of phenols is 4. The SMILES string of the molecule is CC(=O)c1cc(O)c2c(c1)[C@H]([C@@H]1c3cccc(O)c3C(=O)c3c(O)cc(C(=O)O)cc31)c1cccc(O)c1C2=O. The standard InChI is InChI=1S/C31H20O9/c1-12(32)13-8-17-23(15-4-2-6-19(33)25(15)29(37)27(17)21(35)10-13)24-16-5-3-7-20(34)26(16)30(38)28-18(24)9-14(31(39)40)11-22(28)36/h2-11,23-24,33-36H,1H3,(H,39,40)/t23-,24-/m1/s1. The molecular formula is C31H20O9. The number of carboxylic acids is 1. The lowest BCUT2D eigenvalue weighted by molar-refractivity contribution is 0.0695. The van der Waals surface area contributed by atoms with Gasteiger partial charge in [0, 0.05) is 17.4 Å². The first-order valence-electron chi connectivity index (χ1n) is 12.2. The third kappa shape index (κ3) is 3.34. The van der Waals surface area contributed by atoms with Gasteiger partial charge in [-0.3, -0.25) is 14.4 Å². The van der Waals surface area contributed by atoms with Crippen LogP contribution in [-0.4, -0.2) is 48.9 Å². The van der Waals surface area contributed by atoms with Crippen LogP contribution < -0.4 is 0 Å². The van der Waals surface area contributed by atoms with E-state index in [-0.39, 0.29) is 67.1 Å². The molecule has 4 aromatic carbocycles. The van der Waals surface area contributed by atoms with Gasteiger partial charge in [0.25, 0.3) is 0 Å². The minimum atomic E-state index is -1.36. The molecule has 9 nitrogen and oxygen atoms in total. The number of hydrogen-bond donors (Lipinski definition) is 5. The summed E-state index contributed by atoms with van der Waals surface area (Å²) in [6.07, 6.45) is 0. The van der Waals surface area contributed by atoms with E-state index in [9.17, 15) is 44.7 Å². The maximum Gasteiger partial charge on any atom is 0.335 e. The Labute approximate surface area is 226 Å². The third-order valence-corrected chi connectivity index (χ3v) is 7.68. The fourth-order valence-electron chi connectivity index (χ4n) is 6.04. The minimum absolute atomic E-state index is 0.100. The lowest BCUT2D eigenvalue weighted by Crippen LogP contribution is -2.30. The summed E-state index contributed by atoms with van der Waals surface area (Å²) in [4.78, 5) is 51.6. The van der Waals surface area contributed by atoms with E-state index in [4.69, 9.17) is 0 Å². The van der Waals surface area contributed by atoms with E-state index in [1.165, 1.54) is 43.3 Å². The van der Waals surface area contributed by atoms with Crippen LogP contribution in [0, 0.1) is 0 Å².